The average Bonchev–Trinajstić information content (AvgIpc) is 3.59. The van der Waals surface area contributed by atoms with E-state index in [1.54, 1.807) is 0 Å². The van der Waals surface area contributed by atoms with Crippen molar-refractivity contribution in [2.45, 2.75) is 79.4 Å². The average molecular weight is 699 g/mol. The van der Waals surface area contributed by atoms with Gasteiger partial charge in [0, 0.05) is 34.1 Å². The molecule has 0 bridgehead atoms. The Hall–Kier alpha value is -5.10. The van der Waals surface area contributed by atoms with Crippen LogP contribution < -0.4 is 0 Å². The molecule has 0 aromatic heterocycles. The van der Waals surface area contributed by atoms with Crippen LogP contribution in [0.1, 0.15) is 85.0 Å². The maximum absolute atomic E-state index is 14.0. The van der Waals surface area contributed by atoms with Gasteiger partial charge in [-0.3, -0.25) is 0 Å². The summed E-state index contributed by atoms with van der Waals surface area (Å²) < 4.78 is 25.5. The molecule has 2 aliphatic rings. The standard InChI is InChI=1S/C46H50O6/c1-9-49-43(47)41-33(7)51-45(35-19-11-29(3)12-20-35,36-21-13-30(4)14-22-36)39(41)27-28-40-42(44(48)50-10-2)34(8)52-46(40,37-23-15-31(5)16-24-37)38-25-17-32(6)18-26-38/h11-26,39-40H,9-10,27-28H2,1-8H3. The van der Waals surface area contributed by atoms with Crippen molar-refractivity contribution in [3.8, 4) is 0 Å². The molecule has 0 N–H and O–H groups in total. The molecule has 0 spiro atoms. The molecule has 270 valence electrons. The summed E-state index contributed by atoms with van der Waals surface area (Å²) in [7, 11) is 0. The molecule has 4 aromatic carbocycles. The van der Waals surface area contributed by atoms with Crippen molar-refractivity contribution in [1.82, 2.24) is 0 Å². The van der Waals surface area contributed by atoms with Crippen LogP contribution in [0.4, 0.5) is 0 Å². The number of hydrogen-bond acceptors (Lipinski definition) is 6. The molecule has 0 radical (unpaired) electrons. The van der Waals surface area contributed by atoms with E-state index in [0.29, 0.717) is 35.5 Å². The van der Waals surface area contributed by atoms with Crippen LogP contribution in [0.5, 0.6) is 0 Å². The third-order valence-electron chi connectivity index (χ3n) is 10.7. The first-order chi connectivity index (χ1) is 25.0. The van der Waals surface area contributed by atoms with Gasteiger partial charge in [-0.15, -0.1) is 0 Å². The molecule has 2 heterocycles. The van der Waals surface area contributed by atoms with Crippen LogP contribution in [-0.2, 0) is 39.7 Å². The van der Waals surface area contributed by atoms with Crippen molar-refractivity contribution in [3.05, 3.63) is 164 Å². The summed E-state index contributed by atoms with van der Waals surface area (Å²) in [6, 6.07) is 33.4. The first kappa shape index (κ1) is 36.7. The number of carbonyl (C=O) groups excluding carboxylic acids is 2. The molecule has 0 fully saturated rings. The molecule has 2 atom stereocenters. The smallest absolute Gasteiger partial charge is 0.337 e. The third-order valence-corrected chi connectivity index (χ3v) is 10.7. The van der Waals surface area contributed by atoms with E-state index < -0.39 is 35.0 Å². The highest BCUT2D eigenvalue weighted by Gasteiger charge is 2.57. The van der Waals surface area contributed by atoms with E-state index in [0.717, 1.165) is 44.5 Å². The molecule has 6 rings (SSSR count). The molecule has 52 heavy (non-hydrogen) atoms. The van der Waals surface area contributed by atoms with Crippen LogP contribution in [-0.4, -0.2) is 25.2 Å². The quantitative estimate of drug-likeness (QED) is 0.145. The van der Waals surface area contributed by atoms with Crippen molar-refractivity contribution in [3.63, 3.8) is 0 Å². The molecule has 6 nitrogen and oxygen atoms in total. The molecule has 0 amide bonds. The van der Waals surface area contributed by atoms with E-state index >= 15 is 0 Å². The lowest BCUT2D eigenvalue weighted by molar-refractivity contribution is -0.140. The highest BCUT2D eigenvalue weighted by atomic mass is 16.5. The lowest BCUT2D eigenvalue weighted by Crippen LogP contribution is -2.40. The second kappa shape index (κ2) is 14.9. The summed E-state index contributed by atoms with van der Waals surface area (Å²) in [6.45, 7) is 16.1. The van der Waals surface area contributed by atoms with Crippen molar-refractivity contribution in [2.24, 2.45) is 11.8 Å². The minimum Gasteiger partial charge on any atom is -0.481 e. The van der Waals surface area contributed by atoms with E-state index in [1.165, 1.54) is 0 Å². The molecule has 0 aliphatic carbocycles. The normalized spacial score (nSPS) is 18.9. The molecule has 2 unspecified atom stereocenters. The van der Waals surface area contributed by atoms with Crippen molar-refractivity contribution < 1.29 is 28.5 Å². The molecule has 0 saturated heterocycles. The maximum atomic E-state index is 14.0. The Kier molecular flexibility index (Phi) is 10.5. The van der Waals surface area contributed by atoms with Crippen LogP contribution in [0.15, 0.2) is 120 Å². The van der Waals surface area contributed by atoms with Crippen LogP contribution in [0, 0.1) is 39.5 Å². The van der Waals surface area contributed by atoms with Gasteiger partial charge in [-0.05, 0) is 68.2 Å². The molecule has 0 saturated carbocycles. The van der Waals surface area contributed by atoms with Gasteiger partial charge >= 0.3 is 11.9 Å². The second-order valence-corrected chi connectivity index (χ2v) is 14.2. The predicted molar refractivity (Wildman–Crippen MR) is 203 cm³/mol. The number of rotatable bonds is 11. The number of aryl methyl sites for hydroxylation is 4. The largest absolute Gasteiger partial charge is 0.481 e. The number of benzene rings is 4. The van der Waals surface area contributed by atoms with Gasteiger partial charge in [0.25, 0.3) is 0 Å². The Morgan fingerprint density at radius 1 is 0.481 bits per heavy atom. The van der Waals surface area contributed by atoms with Crippen molar-refractivity contribution in [2.75, 3.05) is 13.2 Å². The Morgan fingerprint density at radius 3 is 0.962 bits per heavy atom. The highest BCUT2D eigenvalue weighted by Crippen LogP contribution is 2.57. The number of esters is 2. The zero-order valence-electron chi connectivity index (χ0n) is 31.7. The zero-order valence-corrected chi connectivity index (χ0v) is 31.7. The Balaban J connectivity index is 1.57. The Bertz CT molecular complexity index is 1740. The minimum absolute atomic E-state index is 0.236. The fourth-order valence-electron chi connectivity index (χ4n) is 8.23. The minimum atomic E-state index is -1.04. The van der Waals surface area contributed by atoms with E-state index in [-0.39, 0.29) is 13.2 Å². The third kappa shape index (κ3) is 6.44. The molecule has 4 aromatic rings. The Morgan fingerprint density at radius 2 is 0.731 bits per heavy atom. The van der Waals surface area contributed by atoms with E-state index in [1.807, 2.05) is 27.7 Å². The van der Waals surface area contributed by atoms with Gasteiger partial charge < -0.3 is 18.9 Å². The van der Waals surface area contributed by atoms with E-state index in [9.17, 15) is 9.59 Å². The van der Waals surface area contributed by atoms with Gasteiger partial charge in [-0.2, -0.15) is 0 Å². The lowest BCUT2D eigenvalue weighted by atomic mass is 9.67. The first-order valence-electron chi connectivity index (χ1n) is 18.4. The molecular weight excluding hydrogens is 648 g/mol. The number of ether oxygens (including phenoxy) is 4. The van der Waals surface area contributed by atoms with Gasteiger partial charge in [-0.25, -0.2) is 9.59 Å². The lowest BCUT2D eigenvalue weighted by Gasteiger charge is -2.40. The summed E-state index contributed by atoms with van der Waals surface area (Å²) >= 11 is 0. The predicted octanol–water partition coefficient (Wildman–Crippen LogP) is 9.85. The fourth-order valence-corrected chi connectivity index (χ4v) is 8.23. The summed E-state index contributed by atoms with van der Waals surface area (Å²) in [5, 5.41) is 0. The van der Waals surface area contributed by atoms with Gasteiger partial charge in [0.1, 0.15) is 11.5 Å². The van der Waals surface area contributed by atoms with E-state index in [2.05, 4.69) is 125 Å². The summed E-state index contributed by atoms with van der Waals surface area (Å²) in [6.07, 6.45) is 0.938. The molecule has 6 heteroatoms. The van der Waals surface area contributed by atoms with Gasteiger partial charge in [0.2, 0.25) is 0 Å². The highest BCUT2D eigenvalue weighted by molar-refractivity contribution is 5.92. The monoisotopic (exact) mass is 698 g/mol. The molecular formula is C46H50O6. The van der Waals surface area contributed by atoms with Crippen LogP contribution >= 0.6 is 0 Å². The number of allylic oxidation sites excluding steroid dienone is 2. The van der Waals surface area contributed by atoms with Crippen LogP contribution in [0.3, 0.4) is 0 Å². The Labute approximate surface area is 308 Å². The van der Waals surface area contributed by atoms with Crippen LogP contribution in [0.25, 0.3) is 0 Å². The first-order valence-corrected chi connectivity index (χ1v) is 18.4. The number of hydrogen-bond donors (Lipinski definition) is 0. The van der Waals surface area contributed by atoms with Crippen LogP contribution in [0.2, 0.25) is 0 Å². The summed E-state index contributed by atoms with van der Waals surface area (Å²) in [4.78, 5) is 28.0. The fraction of sp³-hybridized carbons (Fsp3) is 0.348. The second-order valence-electron chi connectivity index (χ2n) is 14.2. The zero-order chi connectivity index (χ0) is 37.2. The summed E-state index contributed by atoms with van der Waals surface area (Å²) in [5.74, 6) is -0.644. The molecule has 2 aliphatic heterocycles. The van der Waals surface area contributed by atoms with Crippen molar-refractivity contribution in [1.29, 1.82) is 0 Å². The van der Waals surface area contributed by atoms with Crippen molar-refractivity contribution >= 4 is 11.9 Å². The topological polar surface area (TPSA) is 71.1 Å². The maximum Gasteiger partial charge on any atom is 0.337 e. The van der Waals surface area contributed by atoms with Gasteiger partial charge in [0.15, 0.2) is 11.2 Å². The number of carbonyl (C=O) groups is 2. The summed E-state index contributed by atoms with van der Waals surface area (Å²) in [5.41, 5.74) is 7.19. The van der Waals surface area contributed by atoms with E-state index in [4.69, 9.17) is 18.9 Å². The SMILES string of the molecule is CCOC(=O)C1=C(C)OC(c2ccc(C)cc2)(c2ccc(C)cc2)C1CCC1C(C(=O)OCC)=C(C)OC1(c1ccc(C)cc1)c1ccc(C)cc1. The van der Waals surface area contributed by atoms with Gasteiger partial charge in [-0.1, -0.05) is 119 Å². The van der Waals surface area contributed by atoms with Gasteiger partial charge in [0.05, 0.1) is 24.4 Å².